The molecule has 1 fully saturated rings. The molecule has 51 heavy (non-hydrogen) atoms. The highest BCUT2D eigenvalue weighted by atomic mass is 19.2. The molecular formula is C39H38F4N4O4. The van der Waals surface area contributed by atoms with Crippen molar-refractivity contribution in [3.8, 4) is 0 Å². The van der Waals surface area contributed by atoms with E-state index in [4.69, 9.17) is 9.47 Å². The summed E-state index contributed by atoms with van der Waals surface area (Å²) in [4.78, 5) is 39.8. The zero-order valence-corrected chi connectivity index (χ0v) is 28.5. The number of carbonyl (C=O) groups is 2. The van der Waals surface area contributed by atoms with Crippen LogP contribution in [-0.4, -0.2) is 56.6 Å². The number of fused-ring (bicyclic) bond motifs is 1. The van der Waals surface area contributed by atoms with Crippen molar-refractivity contribution >= 4 is 22.9 Å². The number of hydrogen-bond acceptors (Lipinski definition) is 6. The fraction of sp³-hybridized carbons (Fsp3) is 0.333. The van der Waals surface area contributed by atoms with Crippen LogP contribution < -0.4 is 0 Å². The van der Waals surface area contributed by atoms with Gasteiger partial charge in [-0.1, -0.05) is 42.5 Å². The van der Waals surface area contributed by atoms with Crippen LogP contribution in [0.15, 0.2) is 79.1 Å². The van der Waals surface area contributed by atoms with Gasteiger partial charge in [0.2, 0.25) is 0 Å². The van der Waals surface area contributed by atoms with E-state index in [2.05, 4.69) is 15.0 Å². The van der Waals surface area contributed by atoms with E-state index in [-0.39, 0.29) is 66.8 Å². The standard InChI is InChI=1S/C39H38F4N4O4/c1-39(2,3)51-38(49)47-21-28(50-22-36(47)37-45-34-17-31(41)32(42)18-35(34)46-37)13-14-29-25(19-44-20-33(29)43)15-27(48)16-30(23-7-5-4-6-8-23)24-9-11-26(40)12-10-24/h4-12,17-20,28,30,36H,13-16,21-22H2,1-3H3,(H,45,46)/t28-,30-,36+/m1/s1. The van der Waals surface area contributed by atoms with Crippen molar-refractivity contribution in [3.05, 3.63) is 130 Å². The molecule has 0 bridgehead atoms. The number of imidazole rings is 1. The first-order valence-corrected chi connectivity index (χ1v) is 16.7. The number of amides is 1. The molecule has 0 radical (unpaired) electrons. The molecule has 1 aliphatic heterocycles. The van der Waals surface area contributed by atoms with Gasteiger partial charge in [0, 0.05) is 37.1 Å². The first-order chi connectivity index (χ1) is 24.3. The van der Waals surface area contributed by atoms with E-state index < -0.39 is 41.3 Å². The molecular weight excluding hydrogens is 664 g/mol. The normalized spacial score (nSPS) is 17.0. The minimum absolute atomic E-state index is 0.0108. The molecule has 266 valence electrons. The van der Waals surface area contributed by atoms with Crippen molar-refractivity contribution in [2.24, 2.45) is 0 Å². The first kappa shape index (κ1) is 35.7. The van der Waals surface area contributed by atoms with Crippen molar-refractivity contribution in [3.63, 3.8) is 0 Å². The van der Waals surface area contributed by atoms with Gasteiger partial charge in [-0.15, -0.1) is 0 Å². The van der Waals surface area contributed by atoms with E-state index in [1.165, 1.54) is 23.2 Å². The van der Waals surface area contributed by atoms with Gasteiger partial charge in [-0.05, 0) is 68.0 Å². The lowest BCUT2D eigenvalue weighted by Gasteiger charge is -2.39. The maximum absolute atomic E-state index is 15.3. The van der Waals surface area contributed by atoms with Gasteiger partial charge in [0.1, 0.15) is 34.9 Å². The summed E-state index contributed by atoms with van der Waals surface area (Å²) >= 11 is 0. The number of hydrogen-bond donors (Lipinski definition) is 1. The van der Waals surface area contributed by atoms with Crippen LogP contribution in [0, 0.1) is 23.3 Å². The van der Waals surface area contributed by atoms with Gasteiger partial charge < -0.3 is 14.5 Å². The smallest absolute Gasteiger partial charge is 0.411 e. The number of benzene rings is 3. The number of H-pyrrole nitrogens is 1. The second-order valence-corrected chi connectivity index (χ2v) is 13.7. The van der Waals surface area contributed by atoms with Crippen LogP contribution in [-0.2, 0) is 27.1 Å². The molecule has 0 aliphatic carbocycles. The fourth-order valence-electron chi connectivity index (χ4n) is 6.38. The maximum Gasteiger partial charge on any atom is 0.411 e. The molecule has 0 saturated carbocycles. The van der Waals surface area contributed by atoms with Crippen molar-refractivity contribution in [1.82, 2.24) is 19.9 Å². The third-order valence-corrected chi connectivity index (χ3v) is 8.86. The molecule has 3 aromatic carbocycles. The maximum atomic E-state index is 15.3. The number of aromatic amines is 1. The van der Waals surface area contributed by atoms with Crippen LogP contribution in [0.3, 0.4) is 0 Å². The highest BCUT2D eigenvalue weighted by Gasteiger charge is 2.38. The Morgan fingerprint density at radius 3 is 2.39 bits per heavy atom. The average Bonchev–Trinajstić information content (AvgIpc) is 3.49. The Morgan fingerprint density at radius 2 is 1.67 bits per heavy atom. The minimum Gasteiger partial charge on any atom is -0.444 e. The van der Waals surface area contributed by atoms with Crippen LogP contribution in [0.25, 0.3) is 11.0 Å². The number of carbonyl (C=O) groups excluding carboxylic acids is 2. The van der Waals surface area contributed by atoms with Gasteiger partial charge in [0.05, 0.1) is 36.5 Å². The number of morpholine rings is 1. The van der Waals surface area contributed by atoms with Crippen molar-refractivity contribution < 1.29 is 36.6 Å². The predicted molar refractivity (Wildman–Crippen MR) is 182 cm³/mol. The number of ether oxygens (including phenoxy) is 2. The number of Topliss-reactive ketones (excluding diaryl/α,β-unsaturated/α-hetero) is 1. The zero-order valence-electron chi connectivity index (χ0n) is 28.5. The molecule has 2 aromatic heterocycles. The molecule has 8 nitrogen and oxygen atoms in total. The van der Waals surface area contributed by atoms with E-state index in [0.717, 1.165) is 29.5 Å². The third-order valence-electron chi connectivity index (χ3n) is 8.86. The summed E-state index contributed by atoms with van der Waals surface area (Å²) in [6, 6.07) is 16.8. The molecule has 12 heteroatoms. The Balaban J connectivity index is 1.17. The van der Waals surface area contributed by atoms with Gasteiger partial charge in [-0.3, -0.25) is 14.7 Å². The van der Waals surface area contributed by atoms with E-state index in [0.29, 0.717) is 17.5 Å². The first-order valence-electron chi connectivity index (χ1n) is 16.7. The second-order valence-electron chi connectivity index (χ2n) is 13.7. The molecule has 3 heterocycles. The van der Waals surface area contributed by atoms with Crippen molar-refractivity contribution in [1.29, 1.82) is 0 Å². The Bertz CT molecular complexity index is 1980. The zero-order chi connectivity index (χ0) is 36.3. The summed E-state index contributed by atoms with van der Waals surface area (Å²) < 4.78 is 68.7. The van der Waals surface area contributed by atoms with E-state index >= 15 is 4.39 Å². The molecule has 0 unspecified atom stereocenters. The fourth-order valence-corrected chi connectivity index (χ4v) is 6.38. The summed E-state index contributed by atoms with van der Waals surface area (Å²) in [5.41, 5.74) is 2.11. The molecule has 0 spiro atoms. The Kier molecular flexibility index (Phi) is 10.5. The number of nitrogens with one attached hydrogen (secondary N) is 1. The van der Waals surface area contributed by atoms with Gasteiger partial charge in [0.25, 0.3) is 0 Å². The lowest BCUT2D eigenvalue weighted by molar-refractivity contribution is -0.118. The average molecular weight is 703 g/mol. The van der Waals surface area contributed by atoms with Crippen LogP contribution >= 0.6 is 0 Å². The topological polar surface area (TPSA) is 97.4 Å². The largest absolute Gasteiger partial charge is 0.444 e. The summed E-state index contributed by atoms with van der Waals surface area (Å²) in [6.07, 6.45) is 1.97. The molecule has 6 rings (SSSR count). The van der Waals surface area contributed by atoms with E-state index in [1.54, 1.807) is 32.9 Å². The van der Waals surface area contributed by atoms with Gasteiger partial charge >= 0.3 is 6.09 Å². The molecule has 1 aliphatic rings. The van der Waals surface area contributed by atoms with Crippen molar-refractivity contribution in [2.45, 2.75) is 70.1 Å². The lowest BCUT2D eigenvalue weighted by atomic mass is 9.85. The third kappa shape index (κ3) is 8.62. The molecule has 1 N–H and O–H groups in total. The monoisotopic (exact) mass is 702 g/mol. The Labute approximate surface area is 292 Å². The summed E-state index contributed by atoms with van der Waals surface area (Å²) in [6.45, 7) is 5.27. The van der Waals surface area contributed by atoms with E-state index in [1.807, 2.05) is 30.3 Å². The quantitative estimate of drug-likeness (QED) is 0.148. The molecule has 3 atom stereocenters. The van der Waals surface area contributed by atoms with Gasteiger partial charge in [-0.2, -0.15) is 0 Å². The molecule has 5 aromatic rings. The summed E-state index contributed by atoms with van der Waals surface area (Å²) in [7, 11) is 0. The number of aromatic nitrogens is 3. The number of halogens is 4. The van der Waals surface area contributed by atoms with Gasteiger partial charge in [0.15, 0.2) is 11.6 Å². The minimum atomic E-state index is -1.04. The number of pyridine rings is 1. The highest BCUT2D eigenvalue weighted by molar-refractivity contribution is 5.82. The summed E-state index contributed by atoms with van der Waals surface area (Å²) in [5, 5.41) is 0. The van der Waals surface area contributed by atoms with Gasteiger partial charge in [-0.25, -0.2) is 27.3 Å². The predicted octanol–water partition coefficient (Wildman–Crippen LogP) is 8.16. The number of nitrogens with zero attached hydrogens (tertiary/aromatic N) is 3. The van der Waals surface area contributed by atoms with Crippen LogP contribution in [0.4, 0.5) is 22.4 Å². The lowest BCUT2D eigenvalue weighted by Crippen LogP contribution is -2.49. The van der Waals surface area contributed by atoms with Crippen LogP contribution in [0.1, 0.15) is 73.7 Å². The van der Waals surface area contributed by atoms with E-state index in [9.17, 15) is 22.8 Å². The number of rotatable bonds is 10. The van der Waals surface area contributed by atoms with Crippen molar-refractivity contribution in [2.75, 3.05) is 13.2 Å². The molecule has 1 amide bonds. The SMILES string of the molecule is CC(C)(C)OC(=O)N1C[C@@H](CCc2c(F)cncc2CC(=O)C[C@H](c2ccccc2)c2ccc(F)cc2)OC[C@H]1c1nc2cc(F)c(F)cc2[nH]1. The Morgan fingerprint density at radius 1 is 0.961 bits per heavy atom. The van der Waals surface area contributed by atoms with Crippen LogP contribution in [0.2, 0.25) is 0 Å². The summed E-state index contributed by atoms with van der Waals surface area (Å²) in [5.74, 6) is -3.20. The second kappa shape index (κ2) is 15.0. The highest BCUT2D eigenvalue weighted by Crippen LogP contribution is 2.32. The van der Waals surface area contributed by atoms with Crippen LogP contribution in [0.5, 0.6) is 0 Å². The number of ketones is 1. The molecule has 1 saturated heterocycles. The Hall–Kier alpha value is -5.10.